The van der Waals surface area contributed by atoms with Crippen LogP contribution in [0.5, 0.6) is 0 Å². The standard InChI is InChI=1S/C23H32O3/c1-4-22(24)9-7-19-20-15(2)13-16-14-23(25-11-12-26-23)10-6-17(16)18(20)5-8-21(19,22)3/h1,15,18-20,24H,5-14H2,2-3H3/t15-,18-,19+,20-,21+,22+/m0/s1. The summed E-state index contributed by atoms with van der Waals surface area (Å²) >= 11 is 0. The Kier molecular flexibility index (Phi) is 3.72. The van der Waals surface area contributed by atoms with E-state index in [0.717, 1.165) is 51.7 Å². The fraction of sp³-hybridized carbons (Fsp3) is 0.826. The van der Waals surface area contributed by atoms with E-state index in [1.165, 1.54) is 12.8 Å². The number of fused-ring (bicyclic) bond motifs is 4. The van der Waals surface area contributed by atoms with Crippen LogP contribution in [0.2, 0.25) is 0 Å². The summed E-state index contributed by atoms with van der Waals surface area (Å²) < 4.78 is 12.0. The third kappa shape index (κ3) is 2.13. The molecule has 1 aliphatic heterocycles. The van der Waals surface area contributed by atoms with Crippen molar-refractivity contribution in [3.05, 3.63) is 11.1 Å². The summed E-state index contributed by atoms with van der Waals surface area (Å²) in [5.74, 6) is 5.05. The maximum absolute atomic E-state index is 11.1. The van der Waals surface area contributed by atoms with Gasteiger partial charge in [0.15, 0.2) is 5.79 Å². The van der Waals surface area contributed by atoms with Crippen LogP contribution in [-0.2, 0) is 9.47 Å². The molecule has 1 saturated heterocycles. The summed E-state index contributed by atoms with van der Waals surface area (Å²) in [5.41, 5.74) is 2.33. The second-order valence-electron chi connectivity index (χ2n) is 9.88. The summed E-state index contributed by atoms with van der Waals surface area (Å²) in [6.07, 6.45) is 14.2. The van der Waals surface area contributed by atoms with Crippen molar-refractivity contribution < 1.29 is 14.6 Å². The summed E-state index contributed by atoms with van der Waals surface area (Å²) in [4.78, 5) is 0. The van der Waals surface area contributed by atoms with Crippen LogP contribution in [0, 0.1) is 41.4 Å². The van der Waals surface area contributed by atoms with Gasteiger partial charge in [-0.1, -0.05) is 30.9 Å². The van der Waals surface area contributed by atoms with Gasteiger partial charge in [-0.3, -0.25) is 0 Å². The zero-order valence-electron chi connectivity index (χ0n) is 16.2. The van der Waals surface area contributed by atoms with Crippen molar-refractivity contribution in [3.63, 3.8) is 0 Å². The van der Waals surface area contributed by atoms with Gasteiger partial charge in [0.05, 0.1) is 13.2 Å². The Morgan fingerprint density at radius 2 is 1.92 bits per heavy atom. The largest absolute Gasteiger partial charge is 0.377 e. The number of hydrogen-bond acceptors (Lipinski definition) is 3. The Hall–Kier alpha value is -0.820. The average molecular weight is 357 g/mol. The van der Waals surface area contributed by atoms with E-state index in [4.69, 9.17) is 15.9 Å². The molecule has 6 atom stereocenters. The predicted molar refractivity (Wildman–Crippen MR) is 100 cm³/mol. The number of ether oxygens (including phenoxy) is 2. The Morgan fingerprint density at radius 1 is 1.15 bits per heavy atom. The van der Waals surface area contributed by atoms with Crippen LogP contribution in [0.1, 0.15) is 65.2 Å². The van der Waals surface area contributed by atoms with E-state index in [2.05, 4.69) is 19.8 Å². The minimum absolute atomic E-state index is 0.108. The normalized spacial score (nSPS) is 49.5. The molecule has 1 N–H and O–H groups in total. The highest BCUT2D eigenvalue weighted by Crippen LogP contribution is 2.65. The van der Waals surface area contributed by atoms with Gasteiger partial charge in [-0.25, -0.2) is 0 Å². The summed E-state index contributed by atoms with van der Waals surface area (Å²) in [6, 6.07) is 0. The zero-order valence-corrected chi connectivity index (χ0v) is 16.2. The van der Waals surface area contributed by atoms with E-state index in [0.29, 0.717) is 23.7 Å². The molecule has 5 aliphatic rings. The molecule has 3 heteroatoms. The third-order valence-corrected chi connectivity index (χ3v) is 8.92. The quantitative estimate of drug-likeness (QED) is 0.525. The van der Waals surface area contributed by atoms with Gasteiger partial charge < -0.3 is 14.6 Å². The van der Waals surface area contributed by atoms with Gasteiger partial charge in [-0.2, -0.15) is 0 Å². The van der Waals surface area contributed by atoms with Gasteiger partial charge in [-0.05, 0) is 62.2 Å². The summed E-state index contributed by atoms with van der Waals surface area (Å²) in [7, 11) is 0. The third-order valence-electron chi connectivity index (χ3n) is 8.92. The Balaban J connectivity index is 1.47. The van der Waals surface area contributed by atoms with Gasteiger partial charge in [0.1, 0.15) is 5.60 Å². The van der Waals surface area contributed by atoms with Crippen LogP contribution in [0.3, 0.4) is 0 Å². The van der Waals surface area contributed by atoms with Crippen molar-refractivity contribution in [2.45, 2.75) is 76.6 Å². The highest BCUT2D eigenvalue weighted by atomic mass is 16.7. The van der Waals surface area contributed by atoms with Gasteiger partial charge in [0, 0.05) is 18.3 Å². The Morgan fingerprint density at radius 3 is 2.65 bits per heavy atom. The molecule has 4 aliphatic carbocycles. The molecule has 0 amide bonds. The lowest BCUT2D eigenvalue weighted by Gasteiger charge is -2.55. The molecule has 0 aromatic rings. The Bertz CT molecular complexity index is 682. The molecule has 1 heterocycles. The molecule has 0 radical (unpaired) electrons. The lowest BCUT2D eigenvalue weighted by atomic mass is 9.50. The van der Waals surface area contributed by atoms with Crippen molar-refractivity contribution >= 4 is 0 Å². The molecule has 26 heavy (non-hydrogen) atoms. The first-order valence-corrected chi connectivity index (χ1v) is 10.6. The zero-order chi connectivity index (χ0) is 18.2. The molecule has 5 rings (SSSR count). The van der Waals surface area contributed by atoms with Gasteiger partial charge in [0.2, 0.25) is 0 Å². The maximum Gasteiger partial charge on any atom is 0.172 e. The molecule has 0 aromatic carbocycles. The van der Waals surface area contributed by atoms with Crippen molar-refractivity contribution in [2.24, 2.45) is 29.1 Å². The average Bonchev–Trinajstić information content (AvgIpc) is 3.18. The second-order valence-corrected chi connectivity index (χ2v) is 9.88. The molecule has 3 fully saturated rings. The molecule has 2 saturated carbocycles. The van der Waals surface area contributed by atoms with Gasteiger partial charge in [0.25, 0.3) is 0 Å². The minimum atomic E-state index is -0.904. The van der Waals surface area contributed by atoms with Crippen molar-refractivity contribution in [1.29, 1.82) is 0 Å². The first-order chi connectivity index (χ1) is 12.4. The second kappa shape index (κ2) is 5.60. The molecule has 0 bridgehead atoms. The number of aliphatic hydroxyl groups is 1. The van der Waals surface area contributed by atoms with Crippen LogP contribution in [0.25, 0.3) is 0 Å². The van der Waals surface area contributed by atoms with E-state index in [1.807, 2.05) is 0 Å². The molecule has 1 spiro atoms. The summed E-state index contributed by atoms with van der Waals surface area (Å²) in [5, 5.41) is 11.1. The number of allylic oxidation sites excluding steroid dienone is 1. The van der Waals surface area contributed by atoms with Crippen molar-refractivity contribution in [1.82, 2.24) is 0 Å². The molecule has 0 aromatic heterocycles. The summed E-state index contributed by atoms with van der Waals surface area (Å²) in [6.45, 7) is 6.19. The minimum Gasteiger partial charge on any atom is -0.377 e. The number of hydrogen-bond donors (Lipinski definition) is 1. The van der Waals surface area contributed by atoms with E-state index in [1.54, 1.807) is 11.1 Å². The number of terminal acetylenes is 1. The van der Waals surface area contributed by atoms with E-state index < -0.39 is 5.60 Å². The van der Waals surface area contributed by atoms with Crippen LogP contribution in [0.15, 0.2) is 11.1 Å². The highest BCUT2D eigenvalue weighted by Gasteiger charge is 2.62. The lowest BCUT2D eigenvalue weighted by Crippen LogP contribution is -2.52. The van der Waals surface area contributed by atoms with Crippen LogP contribution in [-0.4, -0.2) is 29.7 Å². The smallest absolute Gasteiger partial charge is 0.172 e. The predicted octanol–water partition coefficient (Wildman–Crippen LogP) is 4.06. The molecular formula is C23H32O3. The van der Waals surface area contributed by atoms with Crippen molar-refractivity contribution in [2.75, 3.05) is 13.2 Å². The first-order valence-electron chi connectivity index (χ1n) is 10.6. The van der Waals surface area contributed by atoms with E-state index >= 15 is 0 Å². The van der Waals surface area contributed by atoms with Crippen LogP contribution < -0.4 is 0 Å². The maximum atomic E-state index is 11.1. The lowest BCUT2D eigenvalue weighted by molar-refractivity contribution is -0.167. The fourth-order valence-corrected chi connectivity index (χ4v) is 7.60. The monoisotopic (exact) mass is 356 g/mol. The molecule has 0 unspecified atom stereocenters. The van der Waals surface area contributed by atoms with E-state index in [-0.39, 0.29) is 11.2 Å². The highest BCUT2D eigenvalue weighted by molar-refractivity contribution is 5.31. The van der Waals surface area contributed by atoms with Crippen molar-refractivity contribution in [3.8, 4) is 12.3 Å². The van der Waals surface area contributed by atoms with Gasteiger partial charge >= 0.3 is 0 Å². The van der Waals surface area contributed by atoms with Gasteiger partial charge in [-0.15, -0.1) is 6.42 Å². The Labute approximate surface area is 157 Å². The fourth-order valence-electron chi connectivity index (χ4n) is 7.60. The topological polar surface area (TPSA) is 38.7 Å². The number of rotatable bonds is 0. The first kappa shape index (κ1) is 17.3. The molecule has 142 valence electrons. The van der Waals surface area contributed by atoms with Crippen LogP contribution in [0.4, 0.5) is 0 Å². The molecular weight excluding hydrogens is 324 g/mol. The van der Waals surface area contributed by atoms with Crippen LogP contribution >= 0.6 is 0 Å². The SMILES string of the molecule is C#C[C@@]1(O)CC[C@@H]2[C@H]3[C@@H](C)CC4=C(CCC5(C4)OCCO5)[C@@H]3CC[C@]21C. The molecule has 3 nitrogen and oxygen atoms in total. The van der Waals surface area contributed by atoms with E-state index in [9.17, 15) is 5.11 Å².